The number of fused-ring (bicyclic) bond motifs is 1. The van der Waals surface area contributed by atoms with Crippen LogP contribution in [-0.4, -0.2) is 41.9 Å². The SMILES string of the molecule is COc1cc2ncnc(NCC(C)O)c2cc1OC. The van der Waals surface area contributed by atoms with Gasteiger partial charge in [-0.2, -0.15) is 0 Å². The number of methoxy groups -OCH3 is 2. The number of hydrogen-bond acceptors (Lipinski definition) is 6. The van der Waals surface area contributed by atoms with Gasteiger partial charge in [-0.15, -0.1) is 0 Å². The molecule has 1 aromatic carbocycles. The van der Waals surface area contributed by atoms with Crippen molar-refractivity contribution in [3.63, 3.8) is 0 Å². The molecule has 0 radical (unpaired) electrons. The van der Waals surface area contributed by atoms with Gasteiger partial charge in [0.1, 0.15) is 12.1 Å². The summed E-state index contributed by atoms with van der Waals surface area (Å²) in [5.41, 5.74) is 0.751. The first-order valence-corrected chi connectivity index (χ1v) is 5.94. The van der Waals surface area contributed by atoms with Crippen molar-refractivity contribution in [1.82, 2.24) is 9.97 Å². The molecule has 2 N–H and O–H groups in total. The highest BCUT2D eigenvalue weighted by atomic mass is 16.5. The van der Waals surface area contributed by atoms with Crippen LogP contribution < -0.4 is 14.8 Å². The van der Waals surface area contributed by atoms with E-state index >= 15 is 0 Å². The number of rotatable bonds is 5. The van der Waals surface area contributed by atoms with E-state index in [1.807, 2.05) is 6.07 Å². The van der Waals surface area contributed by atoms with Crippen LogP contribution in [0, 0.1) is 0 Å². The Labute approximate surface area is 111 Å². The van der Waals surface area contributed by atoms with Gasteiger partial charge in [0.15, 0.2) is 11.5 Å². The van der Waals surface area contributed by atoms with Crippen LogP contribution in [0.15, 0.2) is 18.5 Å². The second kappa shape index (κ2) is 5.71. The Morgan fingerprint density at radius 3 is 2.53 bits per heavy atom. The van der Waals surface area contributed by atoms with Crippen molar-refractivity contribution in [3.8, 4) is 11.5 Å². The average molecular weight is 263 g/mol. The van der Waals surface area contributed by atoms with Crippen LogP contribution in [0.2, 0.25) is 0 Å². The average Bonchev–Trinajstić information content (AvgIpc) is 2.43. The summed E-state index contributed by atoms with van der Waals surface area (Å²) < 4.78 is 10.5. The highest BCUT2D eigenvalue weighted by Crippen LogP contribution is 2.33. The molecular weight excluding hydrogens is 246 g/mol. The summed E-state index contributed by atoms with van der Waals surface area (Å²) >= 11 is 0. The van der Waals surface area contributed by atoms with Crippen molar-refractivity contribution in [2.75, 3.05) is 26.1 Å². The maximum Gasteiger partial charge on any atom is 0.162 e. The van der Waals surface area contributed by atoms with E-state index in [4.69, 9.17) is 9.47 Å². The molecule has 1 unspecified atom stereocenters. The Bertz CT molecular complexity index is 572. The number of nitrogens with zero attached hydrogens (tertiary/aromatic N) is 2. The molecule has 0 fully saturated rings. The van der Waals surface area contributed by atoms with Gasteiger partial charge < -0.3 is 19.9 Å². The molecule has 19 heavy (non-hydrogen) atoms. The minimum Gasteiger partial charge on any atom is -0.493 e. The smallest absolute Gasteiger partial charge is 0.162 e. The zero-order valence-electron chi connectivity index (χ0n) is 11.2. The van der Waals surface area contributed by atoms with Crippen molar-refractivity contribution < 1.29 is 14.6 Å². The fourth-order valence-corrected chi connectivity index (χ4v) is 1.77. The lowest BCUT2D eigenvalue weighted by atomic mass is 10.2. The van der Waals surface area contributed by atoms with E-state index < -0.39 is 6.10 Å². The molecule has 0 bridgehead atoms. The zero-order chi connectivity index (χ0) is 13.8. The first-order chi connectivity index (χ1) is 9.15. The van der Waals surface area contributed by atoms with E-state index in [1.54, 1.807) is 27.2 Å². The van der Waals surface area contributed by atoms with Gasteiger partial charge in [-0.25, -0.2) is 9.97 Å². The molecule has 102 valence electrons. The van der Waals surface area contributed by atoms with E-state index in [1.165, 1.54) is 6.33 Å². The number of aliphatic hydroxyl groups excluding tert-OH is 1. The molecule has 0 amide bonds. The van der Waals surface area contributed by atoms with Crippen LogP contribution in [0.3, 0.4) is 0 Å². The third-order valence-electron chi connectivity index (χ3n) is 2.71. The number of hydrogen-bond donors (Lipinski definition) is 2. The van der Waals surface area contributed by atoms with Crippen molar-refractivity contribution in [3.05, 3.63) is 18.5 Å². The number of aliphatic hydroxyl groups is 1. The predicted molar refractivity (Wildman–Crippen MR) is 72.8 cm³/mol. The topological polar surface area (TPSA) is 76.5 Å². The second-order valence-corrected chi connectivity index (χ2v) is 4.18. The Morgan fingerprint density at radius 2 is 1.89 bits per heavy atom. The van der Waals surface area contributed by atoms with Gasteiger partial charge in [0.25, 0.3) is 0 Å². The number of nitrogens with one attached hydrogen (secondary N) is 1. The van der Waals surface area contributed by atoms with Crippen LogP contribution >= 0.6 is 0 Å². The largest absolute Gasteiger partial charge is 0.493 e. The fraction of sp³-hybridized carbons (Fsp3) is 0.385. The van der Waals surface area contributed by atoms with Crippen molar-refractivity contribution in [2.24, 2.45) is 0 Å². The van der Waals surface area contributed by atoms with E-state index in [0.717, 1.165) is 10.9 Å². The molecule has 6 heteroatoms. The van der Waals surface area contributed by atoms with Gasteiger partial charge in [0, 0.05) is 18.0 Å². The van der Waals surface area contributed by atoms with Gasteiger partial charge in [-0.05, 0) is 13.0 Å². The van der Waals surface area contributed by atoms with E-state index in [9.17, 15) is 5.11 Å². The maximum absolute atomic E-state index is 9.32. The molecule has 0 aliphatic heterocycles. The summed E-state index contributed by atoms with van der Waals surface area (Å²) in [5.74, 6) is 1.90. The summed E-state index contributed by atoms with van der Waals surface area (Å²) in [6.07, 6.45) is 1.02. The second-order valence-electron chi connectivity index (χ2n) is 4.18. The molecule has 0 saturated carbocycles. The number of benzene rings is 1. The van der Waals surface area contributed by atoms with Crippen molar-refractivity contribution in [2.45, 2.75) is 13.0 Å². The molecule has 0 aliphatic carbocycles. The molecule has 0 spiro atoms. The van der Waals surface area contributed by atoms with Crippen molar-refractivity contribution in [1.29, 1.82) is 0 Å². The molecular formula is C13H17N3O3. The Kier molecular flexibility index (Phi) is 4.01. The highest BCUT2D eigenvalue weighted by molar-refractivity contribution is 5.91. The van der Waals surface area contributed by atoms with Gasteiger partial charge in [-0.1, -0.05) is 0 Å². The van der Waals surface area contributed by atoms with Crippen LogP contribution in [0.5, 0.6) is 11.5 Å². The minimum atomic E-state index is -0.454. The standard InChI is InChI=1S/C13H17N3O3/c1-8(17)6-14-13-9-4-11(18-2)12(19-3)5-10(9)15-7-16-13/h4-5,7-8,17H,6H2,1-3H3,(H,14,15,16). The van der Waals surface area contributed by atoms with Gasteiger partial charge in [0.05, 0.1) is 25.8 Å². The third kappa shape index (κ3) is 2.85. The molecule has 2 aromatic rings. The Balaban J connectivity index is 2.48. The lowest BCUT2D eigenvalue weighted by molar-refractivity contribution is 0.208. The zero-order valence-corrected chi connectivity index (χ0v) is 11.2. The fourth-order valence-electron chi connectivity index (χ4n) is 1.77. The number of anilines is 1. The van der Waals surface area contributed by atoms with Crippen LogP contribution in [-0.2, 0) is 0 Å². The van der Waals surface area contributed by atoms with Crippen LogP contribution in [0.1, 0.15) is 6.92 Å². The summed E-state index contributed by atoms with van der Waals surface area (Å²) in [6, 6.07) is 3.61. The summed E-state index contributed by atoms with van der Waals surface area (Å²) in [7, 11) is 3.16. The van der Waals surface area contributed by atoms with Gasteiger partial charge in [-0.3, -0.25) is 0 Å². The summed E-state index contributed by atoms with van der Waals surface area (Å²) in [6.45, 7) is 2.13. The van der Waals surface area contributed by atoms with Gasteiger partial charge in [0.2, 0.25) is 0 Å². The highest BCUT2D eigenvalue weighted by Gasteiger charge is 2.10. The predicted octanol–water partition coefficient (Wildman–Crippen LogP) is 1.44. The number of ether oxygens (including phenoxy) is 2. The third-order valence-corrected chi connectivity index (χ3v) is 2.71. The van der Waals surface area contributed by atoms with Crippen LogP contribution in [0.4, 0.5) is 5.82 Å². The molecule has 1 heterocycles. The maximum atomic E-state index is 9.32. The van der Waals surface area contributed by atoms with E-state index in [0.29, 0.717) is 23.9 Å². The molecule has 6 nitrogen and oxygen atoms in total. The van der Waals surface area contributed by atoms with Gasteiger partial charge >= 0.3 is 0 Å². The molecule has 1 aromatic heterocycles. The lowest BCUT2D eigenvalue weighted by Crippen LogP contribution is -2.16. The van der Waals surface area contributed by atoms with Crippen molar-refractivity contribution >= 4 is 16.7 Å². The van der Waals surface area contributed by atoms with E-state index in [2.05, 4.69) is 15.3 Å². The molecule has 0 saturated heterocycles. The van der Waals surface area contributed by atoms with Crippen LogP contribution in [0.25, 0.3) is 10.9 Å². The molecule has 0 aliphatic rings. The summed E-state index contributed by atoms with van der Waals surface area (Å²) in [5, 5.41) is 13.2. The first-order valence-electron chi connectivity index (χ1n) is 5.94. The number of aromatic nitrogens is 2. The first kappa shape index (κ1) is 13.4. The Morgan fingerprint density at radius 1 is 1.21 bits per heavy atom. The monoisotopic (exact) mass is 263 g/mol. The lowest BCUT2D eigenvalue weighted by Gasteiger charge is -2.12. The molecule has 1 atom stereocenters. The molecule has 2 rings (SSSR count). The summed E-state index contributed by atoms with van der Waals surface area (Å²) in [4.78, 5) is 8.38. The Hall–Kier alpha value is -2.08. The minimum absolute atomic E-state index is 0.417. The normalized spacial score (nSPS) is 12.2. The quantitative estimate of drug-likeness (QED) is 0.850. The van der Waals surface area contributed by atoms with E-state index in [-0.39, 0.29) is 0 Å².